The van der Waals surface area contributed by atoms with Gasteiger partial charge in [-0.1, -0.05) is 12.1 Å². The number of carbonyl (C=O) groups is 1. The number of amides is 1. The van der Waals surface area contributed by atoms with Crippen LogP contribution in [0, 0.1) is 5.82 Å². The Morgan fingerprint density at radius 1 is 1.08 bits per heavy atom. The van der Waals surface area contributed by atoms with Crippen LogP contribution in [0.3, 0.4) is 0 Å². The van der Waals surface area contributed by atoms with Gasteiger partial charge in [-0.2, -0.15) is 0 Å². The Kier molecular flexibility index (Phi) is 5.00. The van der Waals surface area contributed by atoms with Crippen molar-refractivity contribution in [1.82, 2.24) is 20.4 Å². The third-order valence-electron chi connectivity index (χ3n) is 4.08. The zero-order chi connectivity index (χ0) is 16.9. The van der Waals surface area contributed by atoms with Gasteiger partial charge in [-0.25, -0.2) is 4.39 Å². The predicted octanol–water partition coefficient (Wildman–Crippen LogP) is 1.30. The maximum Gasteiger partial charge on any atom is 0.272 e. The molecular formula is C17H20FN5O. The van der Waals surface area contributed by atoms with E-state index in [0.29, 0.717) is 6.54 Å². The molecule has 0 bridgehead atoms. The summed E-state index contributed by atoms with van der Waals surface area (Å²) in [5.41, 5.74) is 1.10. The van der Waals surface area contributed by atoms with Gasteiger partial charge in [0.05, 0.1) is 0 Å². The Bertz CT molecular complexity index is 681. The highest BCUT2D eigenvalue weighted by Crippen LogP contribution is 2.12. The zero-order valence-corrected chi connectivity index (χ0v) is 13.6. The maximum absolute atomic E-state index is 12.9. The van der Waals surface area contributed by atoms with Gasteiger partial charge >= 0.3 is 0 Å². The second-order valence-electron chi connectivity index (χ2n) is 5.88. The lowest BCUT2D eigenvalue weighted by Gasteiger charge is -2.32. The van der Waals surface area contributed by atoms with Crippen LogP contribution >= 0.6 is 0 Å². The van der Waals surface area contributed by atoms with Crippen LogP contribution in [0.25, 0.3) is 0 Å². The molecule has 24 heavy (non-hydrogen) atoms. The van der Waals surface area contributed by atoms with E-state index in [0.717, 1.165) is 37.6 Å². The molecule has 1 aromatic heterocycles. The molecule has 1 aliphatic rings. The topological polar surface area (TPSA) is 61.4 Å². The van der Waals surface area contributed by atoms with Crippen molar-refractivity contribution < 1.29 is 9.18 Å². The summed E-state index contributed by atoms with van der Waals surface area (Å²) in [6, 6.07) is 9.51. The molecule has 1 amide bonds. The van der Waals surface area contributed by atoms with E-state index in [-0.39, 0.29) is 17.4 Å². The molecule has 126 valence electrons. The summed E-state index contributed by atoms with van der Waals surface area (Å²) < 4.78 is 12.9. The van der Waals surface area contributed by atoms with Crippen molar-refractivity contribution in [2.45, 2.75) is 6.54 Å². The third-order valence-corrected chi connectivity index (χ3v) is 4.08. The normalized spacial score (nSPS) is 15.3. The Morgan fingerprint density at radius 3 is 2.42 bits per heavy atom. The van der Waals surface area contributed by atoms with E-state index in [9.17, 15) is 9.18 Å². The molecule has 3 rings (SSSR count). The van der Waals surface area contributed by atoms with Gasteiger partial charge in [-0.3, -0.25) is 4.79 Å². The summed E-state index contributed by atoms with van der Waals surface area (Å²) in [6.45, 7) is 4.10. The lowest BCUT2D eigenvalue weighted by atomic mass is 10.2. The Labute approximate surface area is 140 Å². The number of aromatic nitrogens is 2. The fraction of sp³-hybridized carbons (Fsp3) is 0.353. The van der Waals surface area contributed by atoms with Crippen molar-refractivity contribution in [3.63, 3.8) is 0 Å². The van der Waals surface area contributed by atoms with E-state index >= 15 is 0 Å². The van der Waals surface area contributed by atoms with Gasteiger partial charge in [0, 0.05) is 32.7 Å². The number of halogens is 1. The van der Waals surface area contributed by atoms with Crippen molar-refractivity contribution >= 4 is 11.7 Å². The molecule has 6 nitrogen and oxygen atoms in total. The van der Waals surface area contributed by atoms with E-state index in [1.54, 1.807) is 18.2 Å². The van der Waals surface area contributed by atoms with Gasteiger partial charge in [0.15, 0.2) is 11.5 Å². The summed E-state index contributed by atoms with van der Waals surface area (Å²) in [5, 5.41) is 10.9. The second kappa shape index (κ2) is 7.35. The average molecular weight is 329 g/mol. The minimum atomic E-state index is -0.296. The number of hydrogen-bond donors (Lipinski definition) is 1. The van der Waals surface area contributed by atoms with Crippen LogP contribution in [-0.4, -0.2) is 54.2 Å². The van der Waals surface area contributed by atoms with Crippen LogP contribution < -0.4 is 10.2 Å². The number of likely N-dealkylation sites (N-methyl/N-ethyl adjacent to an activating group) is 1. The van der Waals surface area contributed by atoms with E-state index in [1.807, 2.05) is 6.07 Å². The van der Waals surface area contributed by atoms with Crippen molar-refractivity contribution in [1.29, 1.82) is 0 Å². The van der Waals surface area contributed by atoms with E-state index in [2.05, 4.69) is 32.4 Å². The van der Waals surface area contributed by atoms with Crippen LogP contribution in [-0.2, 0) is 6.54 Å². The van der Waals surface area contributed by atoms with Gasteiger partial charge < -0.3 is 15.1 Å². The summed E-state index contributed by atoms with van der Waals surface area (Å²) >= 11 is 0. The Hall–Kier alpha value is -2.54. The molecule has 0 radical (unpaired) electrons. The lowest BCUT2D eigenvalue weighted by Crippen LogP contribution is -2.44. The van der Waals surface area contributed by atoms with E-state index < -0.39 is 0 Å². The van der Waals surface area contributed by atoms with Gasteiger partial charge in [0.2, 0.25) is 0 Å². The summed E-state index contributed by atoms with van der Waals surface area (Å²) in [5.74, 6) is 0.199. The maximum atomic E-state index is 12.9. The number of rotatable bonds is 4. The Balaban J connectivity index is 1.56. The van der Waals surface area contributed by atoms with Gasteiger partial charge in [0.25, 0.3) is 5.91 Å². The molecule has 1 aliphatic heterocycles. The third kappa shape index (κ3) is 4.05. The molecule has 0 spiro atoms. The fourth-order valence-corrected chi connectivity index (χ4v) is 2.53. The number of piperazine rings is 1. The fourth-order valence-electron chi connectivity index (χ4n) is 2.53. The molecule has 0 atom stereocenters. The first-order chi connectivity index (χ1) is 11.6. The van der Waals surface area contributed by atoms with Crippen LogP contribution in [0.15, 0.2) is 36.4 Å². The van der Waals surface area contributed by atoms with Crippen molar-refractivity contribution in [3.8, 4) is 0 Å². The molecule has 0 aliphatic carbocycles. The molecule has 1 fully saturated rings. The highest BCUT2D eigenvalue weighted by Gasteiger charge is 2.16. The number of carbonyl (C=O) groups excluding carboxylic acids is 1. The molecule has 1 saturated heterocycles. The summed E-state index contributed by atoms with van der Waals surface area (Å²) in [4.78, 5) is 16.5. The number of nitrogens with zero attached hydrogens (tertiary/aromatic N) is 4. The number of nitrogens with one attached hydrogen (secondary N) is 1. The first kappa shape index (κ1) is 16.3. The molecule has 0 saturated carbocycles. The number of benzene rings is 1. The van der Waals surface area contributed by atoms with Gasteiger partial charge in [-0.15, -0.1) is 10.2 Å². The first-order valence-corrected chi connectivity index (χ1v) is 7.92. The van der Waals surface area contributed by atoms with Crippen LogP contribution in [0.1, 0.15) is 16.1 Å². The van der Waals surface area contributed by atoms with Crippen LogP contribution in [0.5, 0.6) is 0 Å². The van der Waals surface area contributed by atoms with Crippen molar-refractivity contribution in [2.75, 3.05) is 38.1 Å². The monoisotopic (exact) mass is 329 g/mol. The SMILES string of the molecule is CN1CCN(c2ccc(C(=O)NCc3ccc(F)cc3)nn2)CC1. The zero-order valence-electron chi connectivity index (χ0n) is 13.6. The molecule has 1 aromatic carbocycles. The van der Waals surface area contributed by atoms with E-state index in [4.69, 9.17) is 0 Å². The summed E-state index contributed by atoms with van der Waals surface area (Å²) in [7, 11) is 2.09. The second-order valence-corrected chi connectivity index (χ2v) is 5.88. The highest BCUT2D eigenvalue weighted by atomic mass is 19.1. The molecule has 2 heterocycles. The van der Waals surface area contributed by atoms with E-state index in [1.165, 1.54) is 12.1 Å². The molecule has 0 unspecified atom stereocenters. The van der Waals surface area contributed by atoms with Gasteiger partial charge in [0.1, 0.15) is 5.82 Å². The average Bonchev–Trinajstić information content (AvgIpc) is 2.62. The number of hydrogen-bond acceptors (Lipinski definition) is 5. The minimum Gasteiger partial charge on any atom is -0.353 e. The molecule has 1 N–H and O–H groups in total. The van der Waals surface area contributed by atoms with Gasteiger partial charge in [-0.05, 0) is 36.9 Å². The molecule has 7 heteroatoms. The number of anilines is 1. The first-order valence-electron chi connectivity index (χ1n) is 7.92. The highest BCUT2D eigenvalue weighted by molar-refractivity contribution is 5.92. The quantitative estimate of drug-likeness (QED) is 0.916. The van der Waals surface area contributed by atoms with Crippen molar-refractivity contribution in [2.24, 2.45) is 0 Å². The molecular weight excluding hydrogens is 309 g/mol. The lowest BCUT2D eigenvalue weighted by molar-refractivity contribution is 0.0945. The Morgan fingerprint density at radius 2 is 1.79 bits per heavy atom. The standard InChI is InChI=1S/C17H20FN5O/c1-22-8-10-23(11-9-22)16-7-6-15(20-21-16)17(24)19-12-13-2-4-14(18)5-3-13/h2-7H,8-12H2,1H3,(H,19,24). The van der Waals surface area contributed by atoms with Crippen LogP contribution in [0.2, 0.25) is 0 Å². The summed E-state index contributed by atoms with van der Waals surface area (Å²) in [6.07, 6.45) is 0. The minimum absolute atomic E-state index is 0.273. The largest absolute Gasteiger partial charge is 0.353 e. The smallest absolute Gasteiger partial charge is 0.272 e. The van der Waals surface area contributed by atoms with Crippen LogP contribution in [0.4, 0.5) is 10.2 Å². The van der Waals surface area contributed by atoms with Crippen molar-refractivity contribution in [3.05, 3.63) is 53.5 Å². The molecule has 2 aromatic rings. The predicted molar refractivity (Wildman–Crippen MR) is 89.3 cm³/mol.